The highest BCUT2D eigenvalue weighted by molar-refractivity contribution is 5.57. The minimum absolute atomic E-state index is 0.0828. The van der Waals surface area contributed by atoms with Gasteiger partial charge < -0.3 is 14.8 Å². The number of fused-ring (bicyclic) bond motifs is 1. The third-order valence-electron chi connectivity index (χ3n) is 4.49. The summed E-state index contributed by atoms with van der Waals surface area (Å²) in [4.78, 5) is 0. The molecule has 1 aromatic heterocycles. The van der Waals surface area contributed by atoms with Crippen LogP contribution in [0.2, 0.25) is 0 Å². The molecule has 0 bridgehead atoms. The molecule has 0 amide bonds. The van der Waals surface area contributed by atoms with Crippen molar-refractivity contribution in [1.29, 1.82) is 0 Å². The smallest absolute Gasteiger partial charge is 0.134 e. The monoisotopic (exact) mass is 323 g/mol. The van der Waals surface area contributed by atoms with Crippen LogP contribution in [0.1, 0.15) is 22.9 Å². The van der Waals surface area contributed by atoms with Gasteiger partial charge in [-0.15, -0.1) is 0 Å². The summed E-state index contributed by atoms with van der Waals surface area (Å²) in [5.41, 5.74) is 3.18. The molecular formula is C20H18FNO2. The van der Waals surface area contributed by atoms with Gasteiger partial charge in [0.25, 0.3) is 0 Å². The van der Waals surface area contributed by atoms with E-state index in [1.807, 2.05) is 24.3 Å². The van der Waals surface area contributed by atoms with Gasteiger partial charge in [0.05, 0.1) is 18.7 Å². The van der Waals surface area contributed by atoms with E-state index >= 15 is 0 Å². The lowest BCUT2D eigenvalue weighted by Crippen LogP contribution is -2.28. The molecule has 122 valence electrons. The number of halogens is 1. The molecule has 0 saturated carbocycles. The van der Waals surface area contributed by atoms with Crippen LogP contribution in [0.3, 0.4) is 0 Å². The first-order chi connectivity index (χ1) is 11.7. The van der Waals surface area contributed by atoms with Crippen LogP contribution in [-0.4, -0.2) is 11.2 Å². The van der Waals surface area contributed by atoms with E-state index in [4.69, 9.17) is 4.42 Å². The Kier molecular flexibility index (Phi) is 3.92. The second kappa shape index (κ2) is 6.23. The number of nitrogens with one attached hydrogen (secondary N) is 1. The Bertz CT molecular complexity index is 841. The fraction of sp³-hybridized carbons (Fsp3) is 0.200. The normalized spacial score (nSPS) is 19.4. The fourth-order valence-corrected chi connectivity index (χ4v) is 3.27. The molecule has 24 heavy (non-hydrogen) atoms. The molecule has 0 saturated heterocycles. The van der Waals surface area contributed by atoms with E-state index in [-0.39, 0.29) is 11.9 Å². The predicted octanol–water partition coefficient (Wildman–Crippen LogP) is 3.83. The van der Waals surface area contributed by atoms with Gasteiger partial charge in [-0.25, -0.2) is 4.39 Å². The first-order valence-electron chi connectivity index (χ1n) is 8.04. The maximum absolute atomic E-state index is 13.0. The third-order valence-corrected chi connectivity index (χ3v) is 4.49. The quantitative estimate of drug-likeness (QED) is 0.767. The van der Waals surface area contributed by atoms with Gasteiger partial charge in [0.2, 0.25) is 0 Å². The molecule has 0 spiro atoms. The molecule has 2 atom stereocenters. The van der Waals surface area contributed by atoms with Crippen molar-refractivity contribution in [2.75, 3.05) is 0 Å². The summed E-state index contributed by atoms with van der Waals surface area (Å²) < 4.78 is 18.8. The van der Waals surface area contributed by atoms with Gasteiger partial charge in [-0.2, -0.15) is 0 Å². The Morgan fingerprint density at radius 3 is 2.67 bits per heavy atom. The SMILES string of the molecule is O[C@@H]1Cc2ccccc2[C@@H]1NCc1ccc(-c2ccc(F)cc2)o1. The Hall–Kier alpha value is -2.43. The molecule has 3 aromatic rings. The van der Waals surface area contributed by atoms with Crippen LogP contribution < -0.4 is 5.32 Å². The molecular weight excluding hydrogens is 305 g/mol. The lowest BCUT2D eigenvalue weighted by Gasteiger charge is -2.17. The number of hydrogen-bond donors (Lipinski definition) is 2. The van der Waals surface area contributed by atoms with Gasteiger partial charge in [-0.05, 0) is 47.5 Å². The molecule has 0 unspecified atom stereocenters. The van der Waals surface area contributed by atoms with Crippen molar-refractivity contribution in [2.45, 2.75) is 25.1 Å². The van der Waals surface area contributed by atoms with Gasteiger partial charge in [-0.1, -0.05) is 24.3 Å². The third kappa shape index (κ3) is 2.86. The van der Waals surface area contributed by atoms with E-state index in [0.717, 1.165) is 16.9 Å². The summed E-state index contributed by atoms with van der Waals surface area (Å²) in [5, 5.41) is 13.6. The highest BCUT2D eigenvalue weighted by Gasteiger charge is 2.30. The van der Waals surface area contributed by atoms with Crippen LogP contribution in [0.4, 0.5) is 4.39 Å². The van der Waals surface area contributed by atoms with Crippen LogP contribution in [-0.2, 0) is 13.0 Å². The summed E-state index contributed by atoms with van der Waals surface area (Å²) in [6, 6.07) is 18.0. The molecule has 1 heterocycles. The zero-order valence-corrected chi connectivity index (χ0v) is 13.1. The molecule has 1 aliphatic carbocycles. The number of hydrogen-bond acceptors (Lipinski definition) is 3. The van der Waals surface area contributed by atoms with Crippen molar-refractivity contribution in [3.05, 3.63) is 83.4 Å². The molecule has 2 aromatic carbocycles. The van der Waals surface area contributed by atoms with Crippen molar-refractivity contribution >= 4 is 0 Å². The Balaban J connectivity index is 1.46. The standard InChI is InChI=1S/C20H18FNO2/c21-15-7-5-13(6-8-15)19-10-9-16(24-19)12-22-20-17-4-2-1-3-14(17)11-18(20)23/h1-10,18,20,22-23H,11-12H2/t18-,20+/m1/s1. The zero-order valence-electron chi connectivity index (χ0n) is 13.1. The predicted molar refractivity (Wildman–Crippen MR) is 89.8 cm³/mol. The Morgan fingerprint density at radius 2 is 1.83 bits per heavy atom. The summed E-state index contributed by atoms with van der Waals surface area (Å²) in [5.74, 6) is 1.23. The lowest BCUT2D eigenvalue weighted by atomic mass is 10.1. The molecule has 4 rings (SSSR count). The first-order valence-corrected chi connectivity index (χ1v) is 8.04. The highest BCUT2D eigenvalue weighted by Crippen LogP contribution is 2.31. The minimum atomic E-state index is -0.422. The van der Waals surface area contributed by atoms with Crippen molar-refractivity contribution in [3.8, 4) is 11.3 Å². The van der Waals surface area contributed by atoms with Crippen molar-refractivity contribution in [3.63, 3.8) is 0 Å². The van der Waals surface area contributed by atoms with Gasteiger partial charge in [-0.3, -0.25) is 0 Å². The van der Waals surface area contributed by atoms with Gasteiger partial charge >= 0.3 is 0 Å². The molecule has 0 aliphatic heterocycles. The number of aliphatic hydroxyl groups is 1. The Morgan fingerprint density at radius 1 is 1.04 bits per heavy atom. The topological polar surface area (TPSA) is 45.4 Å². The van der Waals surface area contributed by atoms with Gasteiger partial charge in [0.15, 0.2) is 0 Å². The summed E-state index contributed by atoms with van der Waals surface area (Å²) in [6.45, 7) is 0.525. The number of aliphatic hydroxyl groups excluding tert-OH is 1. The second-order valence-electron chi connectivity index (χ2n) is 6.10. The second-order valence-corrected chi connectivity index (χ2v) is 6.10. The molecule has 0 fully saturated rings. The average molecular weight is 323 g/mol. The van der Waals surface area contributed by atoms with Crippen molar-refractivity contribution < 1.29 is 13.9 Å². The largest absolute Gasteiger partial charge is 0.460 e. The van der Waals surface area contributed by atoms with Crippen molar-refractivity contribution in [2.24, 2.45) is 0 Å². The molecule has 0 radical (unpaired) electrons. The molecule has 3 nitrogen and oxygen atoms in total. The average Bonchev–Trinajstić information content (AvgIpc) is 3.17. The van der Waals surface area contributed by atoms with E-state index in [1.54, 1.807) is 12.1 Å². The number of benzene rings is 2. The molecule has 2 N–H and O–H groups in total. The van der Waals surface area contributed by atoms with Gasteiger partial charge in [0.1, 0.15) is 17.3 Å². The van der Waals surface area contributed by atoms with Gasteiger partial charge in [0, 0.05) is 12.0 Å². The molecule has 1 aliphatic rings. The van der Waals surface area contributed by atoms with E-state index in [1.165, 1.54) is 17.7 Å². The van der Waals surface area contributed by atoms with Crippen LogP contribution in [0.25, 0.3) is 11.3 Å². The van der Waals surface area contributed by atoms with E-state index in [2.05, 4.69) is 17.4 Å². The lowest BCUT2D eigenvalue weighted by molar-refractivity contribution is 0.139. The van der Waals surface area contributed by atoms with Crippen LogP contribution in [0.15, 0.2) is 65.1 Å². The van der Waals surface area contributed by atoms with Crippen LogP contribution >= 0.6 is 0 Å². The number of furan rings is 1. The minimum Gasteiger partial charge on any atom is -0.460 e. The highest BCUT2D eigenvalue weighted by atomic mass is 19.1. The van der Waals surface area contributed by atoms with Crippen LogP contribution in [0.5, 0.6) is 0 Å². The molecule has 4 heteroatoms. The Labute approximate surface area is 139 Å². The summed E-state index contributed by atoms with van der Waals surface area (Å²) in [7, 11) is 0. The number of rotatable bonds is 4. The zero-order chi connectivity index (χ0) is 16.5. The summed E-state index contributed by atoms with van der Waals surface area (Å²) in [6.07, 6.45) is 0.251. The van der Waals surface area contributed by atoms with Crippen molar-refractivity contribution in [1.82, 2.24) is 5.32 Å². The summed E-state index contributed by atoms with van der Waals surface area (Å²) >= 11 is 0. The first kappa shape index (κ1) is 15.1. The van der Waals surface area contributed by atoms with E-state index in [0.29, 0.717) is 18.7 Å². The fourth-order valence-electron chi connectivity index (χ4n) is 3.27. The maximum Gasteiger partial charge on any atom is 0.134 e. The van der Waals surface area contributed by atoms with Crippen LogP contribution in [0, 0.1) is 5.82 Å². The van der Waals surface area contributed by atoms with E-state index in [9.17, 15) is 9.50 Å². The maximum atomic E-state index is 13.0. The van der Waals surface area contributed by atoms with E-state index < -0.39 is 6.10 Å².